The Labute approximate surface area is 172 Å². The highest BCUT2D eigenvalue weighted by molar-refractivity contribution is 7.89. The molecule has 1 N–H and O–H groups in total. The lowest BCUT2D eigenvalue weighted by Crippen LogP contribution is -2.29. The van der Waals surface area contributed by atoms with Crippen LogP contribution in [0.15, 0.2) is 60.0 Å². The summed E-state index contributed by atoms with van der Waals surface area (Å²) < 4.78 is 42.7. The number of rotatable bonds is 8. The van der Waals surface area contributed by atoms with E-state index in [1.165, 1.54) is 17.4 Å². The maximum atomic E-state index is 14.0. The van der Waals surface area contributed by atoms with E-state index in [9.17, 15) is 12.8 Å². The maximum absolute atomic E-state index is 14.0. The van der Waals surface area contributed by atoms with Crippen molar-refractivity contribution in [3.63, 3.8) is 0 Å². The number of fused-ring (bicyclic) bond motifs is 1. The summed E-state index contributed by atoms with van der Waals surface area (Å²) in [7, 11) is -3.37. The Morgan fingerprint density at radius 3 is 2.59 bits per heavy atom. The van der Waals surface area contributed by atoms with Crippen LogP contribution in [0.25, 0.3) is 16.3 Å². The first kappa shape index (κ1) is 19.7. The zero-order valence-electron chi connectivity index (χ0n) is 15.5. The molecule has 0 aliphatic heterocycles. The van der Waals surface area contributed by atoms with Crippen LogP contribution in [-0.4, -0.2) is 35.3 Å². The number of nitrogens with zero attached hydrogens (tertiary/aromatic N) is 3. The SMILES string of the molecule is O=S(=O)(CCc1ccccc1)NCCc1csc2nc(-c3ccccc3F)nn12. The third-order valence-electron chi connectivity index (χ3n) is 4.47. The van der Waals surface area contributed by atoms with Crippen LogP contribution in [0.3, 0.4) is 0 Å². The zero-order valence-corrected chi connectivity index (χ0v) is 17.1. The minimum absolute atomic E-state index is 0.0385. The lowest BCUT2D eigenvalue weighted by atomic mass is 10.2. The second-order valence-corrected chi connectivity index (χ2v) is 9.30. The zero-order chi connectivity index (χ0) is 20.3. The van der Waals surface area contributed by atoms with Crippen LogP contribution in [0.1, 0.15) is 11.3 Å². The molecule has 0 aliphatic carbocycles. The summed E-state index contributed by atoms with van der Waals surface area (Å²) in [6, 6.07) is 15.9. The highest BCUT2D eigenvalue weighted by Gasteiger charge is 2.15. The highest BCUT2D eigenvalue weighted by atomic mass is 32.2. The average molecular weight is 431 g/mol. The molecule has 0 fully saturated rings. The van der Waals surface area contributed by atoms with Gasteiger partial charge in [-0.3, -0.25) is 0 Å². The molecule has 2 aromatic carbocycles. The second-order valence-electron chi connectivity index (χ2n) is 6.54. The Kier molecular flexibility index (Phi) is 5.70. The van der Waals surface area contributed by atoms with Crippen molar-refractivity contribution >= 4 is 26.3 Å². The minimum Gasteiger partial charge on any atom is -0.215 e. The van der Waals surface area contributed by atoms with Gasteiger partial charge >= 0.3 is 0 Å². The number of halogens is 1. The Morgan fingerprint density at radius 1 is 1.03 bits per heavy atom. The monoisotopic (exact) mass is 430 g/mol. The van der Waals surface area contributed by atoms with Crippen molar-refractivity contribution in [2.75, 3.05) is 12.3 Å². The summed E-state index contributed by atoms with van der Waals surface area (Å²) >= 11 is 1.39. The van der Waals surface area contributed by atoms with Gasteiger partial charge in [-0.15, -0.1) is 16.4 Å². The van der Waals surface area contributed by atoms with E-state index in [0.717, 1.165) is 11.3 Å². The van der Waals surface area contributed by atoms with Crippen molar-refractivity contribution in [1.29, 1.82) is 0 Å². The quantitative estimate of drug-likeness (QED) is 0.465. The van der Waals surface area contributed by atoms with Crippen LogP contribution in [0, 0.1) is 5.82 Å². The molecule has 6 nitrogen and oxygen atoms in total. The van der Waals surface area contributed by atoms with Crippen molar-refractivity contribution in [2.45, 2.75) is 12.8 Å². The average Bonchev–Trinajstić information content (AvgIpc) is 3.29. The Hall–Kier alpha value is -2.62. The molecule has 29 heavy (non-hydrogen) atoms. The topological polar surface area (TPSA) is 76.4 Å². The number of benzene rings is 2. The van der Waals surface area contributed by atoms with E-state index < -0.39 is 10.0 Å². The fraction of sp³-hybridized carbons (Fsp3) is 0.200. The molecule has 9 heteroatoms. The van der Waals surface area contributed by atoms with Gasteiger partial charge in [0.25, 0.3) is 0 Å². The number of aromatic nitrogens is 3. The normalized spacial score (nSPS) is 11.9. The molecule has 0 amide bonds. The number of hydrogen-bond donors (Lipinski definition) is 1. The first-order chi connectivity index (χ1) is 14.0. The van der Waals surface area contributed by atoms with Gasteiger partial charge in [0.2, 0.25) is 15.0 Å². The van der Waals surface area contributed by atoms with E-state index in [-0.39, 0.29) is 18.1 Å². The molecular weight excluding hydrogens is 411 g/mol. The number of thiazole rings is 1. The smallest absolute Gasteiger partial charge is 0.212 e. The first-order valence-electron chi connectivity index (χ1n) is 9.11. The van der Waals surface area contributed by atoms with Gasteiger partial charge in [-0.2, -0.15) is 4.98 Å². The van der Waals surface area contributed by atoms with E-state index in [0.29, 0.717) is 29.2 Å². The molecule has 0 unspecified atom stereocenters. The lowest BCUT2D eigenvalue weighted by molar-refractivity contribution is 0.580. The molecule has 0 saturated carbocycles. The summed E-state index contributed by atoms with van der Waals surface area (Å²) in [6.45, 7) is 0.262. The van der Waals surface area contributed by atoms with Crippen molar-refractivity contribution < 1.29 is 12.8 Å². The molecule has 2 heterocycles. The van der Waals surface area contributed by atoms with E-state index >= 15 is 0 Å². The van der Waals surface area contributed by atoms with Gasteiger partial charge < -0.3 is 0 Å². The predicted octanol–water partition coefficient (Wildman–Crippen LogP) is 3.30. The van der Waals surface area contributed by atoms with E-state index in [1.54, 1.807) is 22.7 Å². The molecule has 4 rings (SSSR count). The van der Waals surface area contributed by atoms with Crippen molar-refractivity contribution in [3.05, 3.63) is 77.1 Å². The third-order valence-corrected chi connectivity index (χ3v) is 6.72. The Bertz CT molecular complexity index is 1220. The van der Waals surface area contributed by atoms with Crippen LogP contribution >= 0.6 is 11.3 Å². The Balaban J connectivity index is 1.39. The lowest BCUT2D eigenvalue weighted by Gasteiger charge is -2.06. The molecule has 4 aromatic rings. The molecule has 2 aromatic heterocycles. The molecular formula is C20H19FN4O2S2. The number of hydrogen-bond acceptors (Lipinski definition) is 5. The fourth-order valence-electron chi connectivity index (χ4n) is 2.96. The molecule has 0 atom stereocenters. The van der Waals surface area contributed by atoms with Gasteiger partial charge in [0.05, 0.1) is 17.0 Å². The molecule has 0 saturated heterocycles. The van der Waals surface area contributed by atoms with E-state index in [4.69, 9.17) is 0 Å². The standard InChI is InChI=1S/C20H19FN4O2S2/c21-18-9-5-4-8-17(18)19-23-20-25(24-19)16(14-28-20)10-12-22-29(26,27)13-11-15-6-2-1-3-7-15/h1-9,14,22H,10-13H2. The van der Waals surface area contributed by atoms with Crippen LogP contribution in [-0.2, 0) is 22.9 Å². The van der Waals surface area contributed by atoms with Crippen molar-refractivity contribution in [1.82, 2.24) is 19.3 Å². The summed E-state index contributed by atoms with van der Waals surface area (Å²) in [5.74, 6) is -0.0188. The minimum atomic E-state index is -3.37. The second kappa shape index (κ2) is 8.40. The van der Waals surface area contributed by atoms with Gasteiger partial charge in [-0.1, -0.05) is 42.5 Å². The number of nitrogens with one attached hydrogen (secondary N) is 1. The highest BCUT2D eigenvalue weighted by Crippen LogP contribution is 2.23. The Morgan fingerprint density at radius 2 is 1.79 bits per heavy atom. The van der Waals surface area contributed by atoms with Crippen LogP contribution in [0.4, 0.5) is 4.39 Å². The third kappa shape index (κ3) is 4.69. The summed E-state index contributed by atoms with van der Waals surface area (Å²) in [5, 5.41) is 6.28. The van der Waals surface area contributed by atoms with E-state index in [1.807, 2.05) is 35.7 Å². The molecule has 0 spiro atoms. The van der Waals surface area contributed by atoms with Crippen molar-refractivity contribution in [2.24, 2.45) is 0 Å². The predicted molar refractivity (Wildman–Crippen MR) is 112 cm³/mol. The van der Waals surface area contributed by atoms with Crippen LogP contribution < -0.4 is 4.72 Å². The summed E-state index contributed by atoms with van der Waals surface area (Å²) in [6.07, 6.45) is 0.929. The maximum Gasteiger partial charge on any atom is 0.212 e. The van der Waals surface area contributed by atoms with Gasteiger partial charge in [0.15, 0.2) is 5.82 Å². The number of aryl methyl sites for hydroxylation is 1. The number of sulfonamides is 1. The summed E-state index contributed by atoms with van der Waals surface area (Å²) in [4.78, 5) is 5.02. The van der Waals surface area contributed by atoms with Gasteiger partial charge in [-0.05, 0) is 24.1 Å². The van der Waals surface area contributed by atoms with E-state index in [2.05, 4.69) is 14.8 Å². The molecule has 150 valence electrons. The van der Waals surface area contributed by atoms with Crippen LogP contribution in [0.2, 0.25) is 0 Å². The van der Waals surface area contributed by atoms with Gasteiger partial charge in [-0.25, -0.2) is 22.0 Å². The molecule has 0 radical (unpaired) electrons. The molecule has 0 bridgehead atoms. The van der Waals surface area contributed by atoms with Crippen LogP contribution in [0.5, 0.6) is 0 Å². The van der Waals surface area contributed by atoms with Gasteiger partial charge in [0.1, 0.15) is 5.82 Å². The summed E-state index contributed by atoms with van der Waals surface area (Å²) in [5.41, 5.74) is 2.16. The van der Waals surface area contributed by atoms with Gasteiger partial charge in [0, 0.05) is 18.3 Å². The van der Waals surface area contributed by atoms with Crippen molar-refractivity contribution in [3.8, 4) is 11.4 Å². The first-order valence-corrected chi connectivity index (χ1v) is 11.6. The molecule has 0 aliphatic rings. The fourth-order valence-corrected chi connectivity index (χ4v) is 4.88. The largest absolute Gasteiger partial charge is 0.215 e.